The summed E-state index contributed by atoms with van der Waals surface area (Å²) in [7, 11) is -4.02. The van der Waals surface area contributed by atoms with Crippen molar-refractivity contribution >= 4 is 16.1 Å². The highest BCUT2D eigenvalue weighted by atomic mass is 32.2. The van der Waals surface area contributed by atoms with Crippen molar-refractivity contribution in [3.05, 3.63) is 65.7 Å². The molecule has 2 aromatic rings. The first kappa shape index (κ1) is 32.7. The molecule has 0 aliphatic rings. The standard InChI is InChI=1S/C21H37N3O2.C7H8O3S/c22-14-8-1-2-9-15-23-16-10-3-4-11-17-24-18-21(25)26-19-20-12-6-5-7-13-20;1-6-2-4-7(5-3-6)11(8,9)10/h5-7,12-13,23-24H,1-4,8-11,14-19,22H2;2-5H,1H3,(H,8,9,10). The lowest BCUT2D eigenvalue weighted by Gasteiger charge is -2.07. The number of hydrogen-bond acceptors (Lipinski definition) is 7. The van der Waals surface area contributed by atoms with E-state index < -0.39 is 10.1 Å². The van der Waals surface area contributed by atoms with Gasteiger partial charge in [-0.25, -0.2) is 0 Å². The topological polar surface area (TPSA) is 131 Å². The molecular formula is C28H45N3O5S. The Morgan fingerprint density at radius 2 is 1.35 bits per heavy atom. The van der Waals surface area contributed by atoms with Crippen LogP contribution in [0.25, 0.3) is 0 Å². The van der Waals surface area contributed by atoms with Gasteiger partial charge in [-0.2, -0.15) is 8.42 Å². The van der Waals surface area contributed by atoms with Gasteiger partial charge in [0.1, 0.15) is 6.61 Å². The second kappa shape index (κ2) is 20.7. The molecule has 2 rings (SSSR count). The lowest BCUT2D eigenvalue weighted by Crippen LogP contribution is -2.25. The van der Waals surface area contributed by atoms with Crippen LogP contribution in [0.5, 0.6) is 0 Å². The molecule has 0 aliphatic heterocycles. The van der Waals surface area contributed by atoms with Gasteiger partial charge < -0.3 is 21.1 Å². The Kier molecular flexibility index (Phi) is 18.3. The second-order valence-corrected chi connectivity index (χ2v) is 10.4. The summed E-state index contributed by atoms with van der Waals surface area (Å²) >= 11 is 0. The van der Waals surface area contributed by atoms with Gasteiger partial charge >= 0.3 is 5.97 Å². The van der Waals surface area contributed by atoms with Gasteiger partial charge in [0.05, 0.1) is 11.4 Å². The van der Waals surface area contributed by atoms with Crippen LogP contribution in [0.4, 0.5) is 0 Å². The molecule has 0 heterocycles. The Morgan fingerprint density at radius 3 is 1.89 bits per heavy atom. The number of carbonyl (C=O) groups excluding carboxylic acids is 1. The molecule has 0 atom stereocenters. The van der Waals surface area contributed by atoms with E-state index in [0.29, 0.717) is 13.2 Å². The zero-order valence-corrected chi connectivity index (χ0v) is 23.0. The Balaban J connectivity index is 0.000000516. The van der Waals surface area contributed by atoms with Gasteiger partial charge in [-0.1, -0.05) is 73.7 Å². The number of esters is 1. The summed E-state index contributed by atoms with van der Waals surface area (Å²) in [5, 5.41) is 6.66. The maximum Gasteiger partial charge on any atom is 0.320 e. The molecule has 5 N–H and O–H groups in total. The van der Waals surface area contributed by atoms with Crippen molar-refractivity contribution in [1.82, 2.24) is 10.6 Å². The van der Waals surface area contributed by atoms with Crippen molar-refractivity contribution in [3.8, 4) is 0 Å². The van der Waals surface area contributed by atoms with Crippen LogP contribution in [-0.2, 0) is 26.3 Å². The van der Waals surface area contributed by atoms with Crippen LogP contribution in [-0.4, -0.2) is 51.7 Å². The number of aryl methyl sites for hydroxylation is 1. The number of unbranched alkanes of at least 4 members (excludes halogenated alkanes) is 6. The highest BCUT2D eigenvalue weighted by Gasteiger charge is 2.07. The van der Waals surface area contributed by atoms with Gasteiger partial charge in [0.2, 0.25) is 0 Å². The molecule has 0 bridgehead atoms. The van der Waals surface area contributed by atoms with Crippen molar-refractivity contribution in [2.75, 3.05) is 32.7 Å². The van der Waals surface area contributed by atoms with Crippen LogP contribution in [0.15, 0.2) is 59.5 Å². The second-order valence-electron chi connectivity index (χ2n) is 8.98. The summed E-state index contributed by atoms with van der Waals surface area (Å²) in [6.07, 6.45) is 9.70. The Hall–Kier alpha value is -2.30. The van der Waals surface area contributed by atoms with E-state index >= 15 is 0 Å². The Bertz CT molecular complexity index is 938. The molecule has 0 amide bonds. The molecule has 37 heavy (non-hydrogen) atoms. The summed E-state index contributed by atoms with van der Waals surface area (Å²) in [5.74, 6) is -0.190. The quantitative estimate of drug-likeness (QED) is 0.127. The van der Waals surface area contributed by atoms with Crippen LogP contribution in [0.1, 0.15) is 62.5 Å². The van der Waals surface area contributed by atoms with Crippen LogP contribution < -0.4 is 16.4 Å². The molecule has 0 aliphatic carbocycles. The van der Waals surface area contributed by atoms with Crippen molar-refractivity contribution in [3.63, 3.8) is 0 Å². The number of nitrogens with two attached hydrogens (primary N) is 1. The number of ether oxygens (including phenoxy) is 1. The number of hydrogen-bond donors (Lipinski definition) is 4. The molecule has 8 nitrogen and oxygen atoms in total. The fourth-order valence-corrected chi connectivity index (χ4v) is 3.90. The molecular weight excluding hydrogens is 490 g/mol. The number of carbonyl (C=O) groups is 1. The molecule has 0 unspecified atom stereocenters. The summed E-state index contributed by atoms with van der Waals surface area (Å²) in [6, 6.07) is 15.7. The monoisotopic (exact) mass is 535 g/mol. The zero-order chi connectivity index (χ0) is 27.2. The minimum absolute atomic E-state index is 0.0666. The van der Waals surface area contributed by atoms with Gasteiger partial charge in [0.25, 0.3) is 10.1 Å². The predicted octanol–water partition coefficient (Wildman–Crippen LogP) is 4.23. The van der Waals surface area contributed by atoms with Crippen molar-refractivity contribution in [2.24, 2.45) is 5.73 Å². The molecule has 9 heteroatoms. The number of benzene rings is 2. The smallest absolute Gasteiger partial charge is 0.320 e. The van der Waals surface area contributed by atoms with Crippen molar-refractivity contribution < 1.29 is 22.5 Å². The van der Waals surface area contributed by atoms with E-state index in [1.807, 2.05) is 37.3 Å². The third kappa shape index (κ3) is 18.6. The van der Waals surface area contributed by atoms with Gasteiger partial charge in [0, 0.05) is 0 Å². The van der Waals surface area contributed by atoms with Crippen LogP contribution in [0.2, 0.25) is 0 Å². The third-order valence-electron chi connectivity index (χ3n) is 5.60. The van der Waals surface area contributed by atoms with E-state index in [1.54, 1.807) is 12.1 Å². The SMILES string of the molecule is Cc1ccc(S(=O)(=O)O)cc1.NCCCCCCNCCCCCCNCC(=O)OCc1ccccc1. The molecule has 0 spiro atoms. The molecule has 0 saturated heterocycles. The molecule has 0 fully saturated rings. The van der Waals surface area contributed by atoms with E-state index in [2.05, 4.69) is 10.6 Å². The third-order valence-corrected chi connectivity index (χ3v) is 6.46. The molecule has 0 aromatic heterocycles. The van der Waals surface area contributed by atoms with Crippen LogP contribution in [0, 0.1) is 6.92 Å². The first-order valence-electron chi connectivity index (χ1n) is 13.2. The maximum absolute atomic E-state index is 11.6. The van der Waals surface area contributed by atoms with E-state index in [0.717, 1.165) is 50.1 Å². The highest BCUT2D eigenvalue weighted by Crippen LogP contribution is 2.08. The average Bonchev–Trinajstić information content (AvgIpc) is 2.88. The molecule has 0 radical (unpaired) electrons. The molecule has 2 aromatic carbocycles. The van der Waals surface area contributed by atoms with Gasteiger partial charge in [-0.15, -0.1) is 0 Å². The molecule has 0 saturated carbocycles. The van der Waals surface area contributed by atoms with E-state index in [4.69, 9.17) is 15.0 Å². The zero-order valence-electron chi connectivity index (χ0n) is 22.2. The van der Waals surface area contributed by atoms with Crippen molar-refractivity contribution in [1.29, 1.82) is 0 Å². The van der Waals surface area contributed by atoms with Gasteiger partial charge in [-0.05, 0) is 76.5 Å². The fourth-order valence-electron chi connectivity index (χ4n) is 3.42. The van der Waals surface area contributed by atoms with Gasteiger partial charge in [0.15, 0.2) is 0 Å². The van der Waals surface area contributed by atoms with Gasteiger partial charge in [-0.3, -0.25) is 9.35 Å². The lowest BCUT2D eigenvalue weighted by molar-refractivity contribution is -0.143. The minimum Gasteiger partial charge on any atom is -0.460 e. The summed E-state index contributed by atoms with van der Waals surface area (Å²) in [5.41, 5.74) is 7.45. The van der Waals surface area contributed by atoms with Crippen LogP contribution >= 0.6 is 0 Å². The fraction of sp³-hybridized carbons (Fsp3) is 0.536. The number of rotatable bonds is 18. The predicted molar refractivity (Wildman–Crippen MR) is 149 cm³/mol. The normalized spacial score (nSPS) is 11.0. The first-order chi connectivity index (χ1) is 17.8. The first-order valence-corrected chi connectivity index (χ1v) is 14.6. The Morgan fingerprint density at radius 1 is 0.811 bits per heavy atom. The van der Waals surface area contributed by atoms with Crippen molar-refractivity contribution in [2.45, 2.75) is 69.8 Å². The minimum atomic E-state index is -4.02. The van der Waals surface area contributed by atoms with Crippen LogP contribution in [0.3, 0.4) is 0 Å². The largest absolute Gasteiger partial charge is 0.460 e. The maximum atomic E-state index is 11.6. The lowest BCUT2D eigenvalue weighted by atomic mass is 10.2. The van der Waals surface area contributed by atoms with E-state index in [9.17, 15) is 13.2 Å². The number of nitrogens with one attached hydrogen (secondary N) is 2. The van der Waals surface area contributed by atoms with E-state index in [-0.39, 0.29) is 10.9 Å². The summed E-state index contributed by atoms with van der Waals surface area (Å²) < 4.78 is 34.8. The molecule has 208 valence electrons. The summed E-state index contributed by atoms with van der Waals surface area (Å²) in [4.78, 5) is 11.6. The highest BCUT2D eigenvalue weighted by molar-refractivity contribution is 7.85. The van der Waals surface area contributed by atoms with E-state index in [1.165, 1.54) is 50.7 Å². The average molecular weight is 536 g/mol. The Labute approximate surface area is 223 Å². The summed E-state index contributed by atoms with van der Waals surface area (Å²) in [6.45, 7) is 6.40.